The van der Waals surface area contributed by atoms with E-state index in [1.807, 2.05) is 0 Å². The molecule has 0 amide bonds. The number of fused-ring (bicyclic) bond motifs is 1. The van der Waals surface area contributed by atoms with Crippen molar-refractivity contribution in [1.82, 2.24) is 0 Å². The van der Waals surface area contributed by atoms with E-state index in [1.165, 1.54) is 19.2 Å². The zero-order valence-electron chi connectivity index (χ0n) is 10.8. The summed E-state index contributed by atoms with van der Waals surface area (Å²) in [6, 6.07) is 4.46. The van der Waals surface area contributed by atoms with E-state index in [2.05, 4.69) is 4.74 Å². The Morgan fingerprint density at radius 1 is 1.25 bits per heavy atom. The molecule has 7 nitrogen and oxygen atoms in total. The lowest BCUT2D eigenvalue weighted by Crippen LogP contribution is -2.25. The summed E-state index contributed by atoms with van der Waals surface area (Å²) in [5.74, 6) is -2.36. The highest BCUT2D eigenvalue weighted by atomic mass is 16.5. The first kappa shape index (κ1) is 13.6. The standard InChI is InChI=1S/C13H11NO6/c1-18-6-3-4-8-7(5-6)10(15)9(12(14)20-8)11(16)13(17)19-2/h3-5H,14H2,1-2H3. The number of hydrogen-bond acceptors (Lipinski definition) is 7. The van der Waals surface area contributed by atoms with E-state index in [9.17, 15) is 14.4 Å². The number of ketones is 1. The largest absolute Gasteiger partial charge is 0.497 e. The van der Waals surface area contributed by atoms with E-state index < -0.39 is 28.6 Å². The Morgan fingerprint density at radius 3 is 2.55 bits per heavy atom. The quantitative estimate of drug-likeness (QED) is 0.500. The minimum atomic E-state index is -1.19. The third-order valence-corrected chi connectivity index (χ3v) is 2.72. The lowest BCUT2D eigenvalue weighted by molar-refractivity contribution is -0.135. The molecule has 20 heavy (non-hydrogen) atoms. The molecule has 1 heterocycles. The molecule has 2 rings (SSSR count). The van der Waals surface area contributed by atoms with Gasteiger partial charge in [-0.1, -0.05) is 0 Å². The van der Waals surface area contributed by atoms with Crippen LogP contribution in [-0.2, 0) is 9.53 Å². The third-order valence-electron chi connectivity index (χ3n) is 2.72. The van der Waals surface area contributed by atoms with Gasteiger partial charge in [-0.15, -0.1) is 0 Å². The fourth-order valence-corrected chi connectivity index (χ4v) is 1.73. The predicted octanol–water partition coefficient (Wildman–Crippen LogP) is 0.740. The summed E-state index contributed by atoms with van der Waals surface area (Å²) < 4.78 is 14.5. The van der Waals surface area contributed by atoms with Crippen LogP contribution in [0.1, 0.15) is 10.4 Å². The first-order valence-electron chi connectivity index (χ1n) is 5.52. The Labute approximate surface area is 112 Å². The minimum absolute atomic E-state index is 0.0887. The highest BCUT2D eigenvalue weighted by molar-refractivity contribution is 6.41. The van der Waals surface area contributed by atoms with Gasteiger partial charge in [0, 0.05) is 0 Å². The summed E-state index contributed by atoms with van der Waals surface area (Å²) in [5, 5.41) is 0.0887. The Kier molecular flexibility index (Phi) is 3.43. The van der Waals surface area contributed by atoms with Crippen molar-refractivity contribution < 1.29 is 23.5 Å². The Bertz CT molecular complexity index is 761. The van der Waals surface area contributed by atoms with Crippen molar-refractivity contribution >= 4 is 28.6 Å². The fraction of sp³-hybridized carbons (Fsp3) is 0.154. The van der Waals surface area contributed by atoms with E-state index in [0.717, 1.165) is 7.11 Å². The van der Waals surface area contributed by atoms with Gasteiger partial charge in [-0.25, -0.2) is 4.79 Å². The number of carbonyl (C=O) groups excluding carboxylic acids is 2. The lowest BCUT2D eigenvalue weighted by atomic mass is 10.1. The second-order valence-electron chi connectivity index (χ2n) is 3.85. The molecule has 104 valence electrons. The molecule has 0 atom stereocenters. The number of ether oxygens (including phenoxy) is 2. The van der Waals surface area contributed by atoms with Gasteiger partial charge in [0.1, 0.15) is 16.9 Å². The topological polar surface area (TPSA) is 109 Å². The number of Topliss-reactive ketones (excluding diaryl/α,β-unsaturated/α-hetero) is 1. The molecule has 0 bridgehead atoms. The molecule has 0 aliphatic carbocycles. The van der Waals surface area contributed by atoms with Gasteiger partial charge in [-0.05, 0) is 18.2 Å². The second kappa shape index (κ2) is 5.04. The van der Waals surface area contributed by atoms with Crippen molar-refractivity contribution in [2.45, 2.75) is 0 Å². The molecule has 7 heteroatoms. The monoisotopic (exact) mass is 277 g/mol. The summed E-state index contributed by atoms with van der Waals surface area (Å²) in [4.78, 5) is 35.3. The Hall–Kier alpha value is -2.83. The molecule has 0 fully saturated rings. The summed E-state index contributed by atoms with van der Waals surface area (Å²) in [7, 11) is 2.46. The van der Waals surface area contributed by atoms with Crippen LogP contribution in [0.2, 0.25) is 0 Å². The van der Waals surface area contributed by atoms with Crippen molar-refractivity contribution in [3.05, 3.63) is 34.0 Å². The van der Waals surface area contributed by atoms with E-state index in [1.54, 1.807) is 6.07 Å². The number of benzene rings is 1. The summed E-state index contributed by atoms with van der Waals surface area (Å²) in [5.41, 5.74) is 4.46. The second-order valence-corrected chi connectivity index (χ2v) is 3.85. The molecule has 0 saturated heterocycles. The zero-order chi connectivity index (χ0) is 14.9. The number of carbonyl (C=O) groups is 2. The van der Waals surface area contributed by atoms with Crippen molar-refractivity contribution in [2.24, 2.45) is 0 Å². The van der Waals surface area contributed by atoms with Crippen LogP contribution in [0.5, 0.6) is 5.75 Å². The van der Waals surface area contributed by atoms with E-state index in [0.29, 0.717) is 5.75 Å². The van der Waals surface area contributed by atoms with Crippen LogP contribution in [0.4, 0.5) is 5.88 Å². The Balaban J connectivity index is 2.76. The van der Waals surface area contributed by atoms with Gasteiger partial charge in [0.25, 0.3) is 5.78 Å². The molecule has 1 aromatic carbocycles. The van der Waals surface area contributed by atoms with Crippen LogP contribution in [0.25, 0.3) is 11.0 Å². The molecule has 0 spiro atoms. The number of nitrogens with two attached hydrogens (primary N) is 1. The fourth-order valence-electron chi connectivity index (χ4n) is 1.73. The first-order chi connectivity index (χ1) is 9.49. The molecule has 0 saturated carbocycles. The van der Waals surface area contributed by atoms with Gasteiger partial charge in [0.05, 0.1) is 19.6 Å². The number of hydrogen-bond donors (Lipinski definition) is 1. The molecule has 0 radical (unpaired) electrons. The van der Waals surface area contributed by atoms with Crippen LogP contribution in [0.15, 0.2) is 27.4 Å². The molecule has 0 unspecified atom stereocenters. The van der Waals surface area contributed by atoms with Gasteiger partial charge in [0.2, 0.25) is 11.3 Å². The average Bonchev–Trinajstić information content (AvgIpc) is 2.45. The molecule has 2 N–H and O–H groups in total. The maximum absolute atomic E-state index is 12.3. The predicted molar refractivity (Wildman–Crippen MR) is 69.8 cm³/mol. The SMILES string of the molecule is COC(=O)C(=O)c1c(N)oc2ccc(OC)cc2c1=O. The number of nitrogen functional groups attached to an aromatic ring is 1. The van der Waals surface area contributed by atoms with Gasteiger partial charge in [-0.2, -0.15) is 0 Å². The van der Waals surface area contributed by atoms with Gasteiger partial charge >= 0.3 is 5.97 Å². The smallest absolute Gasteiger partial charge is 0.379 e. The third kappa shape index (κ3) is 2.09. The molecular weight excluding hydrogens is 266 g/mol. The van der Waals surface area contributed by atoms with Gasteiger partial charge in [-0.3, -0.25) is 9.59 Å². The highest BCUT2D eigenvalue weighted by Gasteiger charge is 2.26. The van der Waals surface area contributed by atoms with E-state index in [4.69, 9.17) is 14.9 Å². The Morgan fingerprint density at radius 2 is 1.95 bits per heavy atom. The lowest BCUT2D eigenvalue weighted by Gasteiger charge is -2.06. The van der Waals surface area contributed by atoms with Crippen LogP contribution >= 0.6 is 0 Å². The zero-order valence-corrected chi connectivity index (χ0v) is 10.8. The minimum Gasteiger partial charge on any atom is -0.497 e. The van der Waals surface area contributed by atoms with Crippen LogP contribution < -0.4 is 15.9 Å². The highest BCUT2D eigenvalue weighted by Crippen LogP contribution is 2.22. The normalized spacial score (nSPS) is 10.3. The summed E-state index contributed by atoms with van der Waals surface area (Å²) >= 11 is 0. The molecular formula is C13H11NO6. The maximum Gasteiger partial charge on any atom is 0.379 e. The van der Waals surface area contributed by atoms with Gasteiger partial charge in [0.15, 0.2) is 0 Å². The van der Waals surface area contributed by atoms with Crippen LogP contribution in [-0.4, -0.2) is 26.0 Å². The summed E-state index contributed by atoms with van der Waals surface area (Å²) in [6.45, 7) is 0. The molecule has 2 aromatic rings. The van der Waals surface area contributed by atoms with Crippen molar-refractivity contribution in [1.29, 1.82) is 0 Å². The van der Waals surface area contributed by atoms with Crippen LogP contribution in [0, 0.1) is 0 Å². The van der Waals surface area contributed by atoms with Crippen LogP contribution in [0.3, 0.4) is 0 Å². The molecule has 0 aliphatic heterocycles. The molecule has 1 aromatic heterocycles. The number of anilines is 1. The van der Waals surface area contributed by atoms with Crippen molar-refractivity contribution in [2.75, 3.05) is 20.0 Å². The van der Waals surface area contributed by atoms with E-state index in [-0.39, 0.29) is 11.0 Å². The number of esters is 1. The number of methoxy groups -OCH3 is 2. The first-order valence-corrected chi connectivity index (χ1v) is 5.52. The average molecular weight is 277 g/mol. The maximum atomic E-state index is 12.3. The number of rotatable bonds is 3. The van der Waals surface area contributed by atoms with Crippen molar-refractivity contribution in [3.8, 4) is 5.75 Å². The van der Waals surface area contributed by atoms with E-state index >= 15 is 0 Å². The van der Waals surface area contributed by atoms with Gasteiger partial charge < -0.3 is 19.6 Å². The van der Waals surface area contributed by atoms with Crippen molar-refractivity contribution in [3.63, 3.8) is 0 Å². The summed E-state index contributed by atoms with van der Waals surface area (Å²) in [6.07, 6.45) is 0. The molecule has 0 aliphatic rings.